The van der Waals surface area contributed by atoms with E-state index in [1.165, 1.54) is 0 Å². The number of hydrogen-bond donors (Lipinski definition) is 0. The van der Waals surface area contributed by atoms with E-state index in [0.717, 1.165) is 12.8 Å². The van der Waals surface area contributed by atoms with E-state index in [2.05, 4.69) is 18.2 Å². The van der Waals surface area contributed by atoms with Crippen molar-refractivity contribution in [3.05, 3.63) is 0 Å². The average Bonchev–Trinajstić information content (AvgIpc) is 1.99. The molecule has 0 saturated carbocycles. The first-order valence-corrected chi connectivity index (χ1v) is 5.94. The third-order valence-electron chi connectivity index (χ3n) is 1.68. The molecule has 78 valence electrons. The fourth-order valence-corrected chi connectivity index (χ4v) is 1.48. The van der Waals surface area contributed by atoms with Crippen molar-refractivity contribution in [3.63, 3.8) is 0 Å². The van der Waals surface area contributed by atoms with E-state index < -0.39 is 11.4 Å². The zero-order valence-electron chi connectivity index (χ0n) is 9.33. The molecule has 3 heteroatoms. The fourth-order valence-electron chi connectivity index (χ4n) is 0.847. The van der Waals surface area contributed by atoms with E-state index in [4.69, 9.17) is 0 Å². The predicted octanol–water partition coefficient (Wildman–Crippen LogP) is 2.96. The van der Waals surface area contributed by atoms with Gasteiger partial charge in [0.25, 0.3) is 0 Å². The first-order chi connectivity index (χ1) is 5.88. The van der Waals surface area contributed by atoms with Crippen LogP contribution in [0.2, 0.25) is 0 Å². The minimum Gasteiger partial charge on any atom is -0.591 e. The summed E-state index contributed by atoms with van der Waals surface area (Å²) in [7, 11) is 0. The van der Waals surface area contributed by atoms with Gasteiger partial charge in [0.1, 0.15) is 16.1 Å². The van der Waals surface area contributed by atoms with Gasteiger partial charge in [-0.1, -0.05) is 24.7 Å². The van der Waals surface area contributed by atoms with Gasteiger partial charge in [0, 0.05) is 0 Å². The Bertz CT molecular complexity index is 163. The van der Waals surface area contributed by atoms with E-state index in [1.807, 2.05) is 27.0 Å². The second-order valence-electron chi connectivity index (χ2n) is 4.38. The highest BCUT2D eigenvalue weighted by molar-refractivity contribution is 7.91. The van der Waals surface area contributed by atoms with Gasteiger partial charge < -0.3 is 4.55 Å². The van der Waals surface area contributed by atoms with Crippen molar-refractivity contribution in [2.75, 3.05) is 0 Å². The molecular formula is C10H21NOS. The van der Waals surface area contributed by atoms with E-state index in [9.17, 15) is 4.55 Å². The molecule has 0 saturated heterocycles. The molecule has 0 fully saturated rings. The SMILES string of the molecule is CCCC(C)/C=N/[S+]([O-])C(C)(C)C. The summed E-state index contributed by atoms with van der Waals surface area (Å²) in [5.74, 6) is 0.441. The summed E-state index contributed by atoms with van der Waals surface area (Å²) >= 11 is -1.09. The molecule has 0 aliphatic heterocycles. The lowest BCUT2D eigenvalue weighted by atomic mass is 10.1. The van der Waals surface area contributed by atoms with Crippen LogP contribution in [0.5, 0.6) is 0 Å². The molecule has 0 aliphatic carbocycles. The van der Waals surface area contributed by atoms with Crippen molar-refractivity contribution < 1.29 is 4.55 Å². The van der Waals surface area contributed by atoms with Gasteiger partial charge in [-0.05, 0) is 33.1 Å². The molecule has 13 heavy (non-hydrogen) atoms. The Hall–Kier alpha value is -0.0200. The van der Waals surface area contributed by atoms with Crippen LogP contribution in [0.15, 0.2) is 4.40 Å². The second kappa shape index (κ2) is 5.66. The molecule has 0 heterocycles. The fraction of sp³-hybridized carbons (Fsp3) is 0.900. The van der Waals surface area contributed by atoms with Crippen molar-refractivity contribution in [1.82, 2.24) is 0 Å². The van der Waals surface area contributed by atoms with Gasteiger partial charge in [-0.15, -0.1) is 0 Å². The Morgan fingerprint density at radius 2 is 2.00 bits per heavy atom. The molecule has 2 unspecified atom stereocenters. The monoisotopic (exact) mass is 203 g/mol. The Morgan fingerprint density at radius 3 is 2.38 bits per heavy atom. The van der Waals surface area contributed by atoms with E-state index in [1.54, 1.807) is 0 Å². The lowest BCUT2D eigenvalue weighted by Gasteiger charge is -2.18. The molecule has 0 N–H and O–H groups in total. The largest absolute Gasteiger partial charge is 0.591 e. The Morgan fingerprint density at radius 1 is 1.46 bits per heavy atom. The summed E-state index contributed by atoms with van der Waals surface area (Å²) in [5, 5.41) is 0. The van der Waals surface area contributed by atoms with Gasteiger partial charge in [0.2, 0.25) is 0 Å². The summed E-state index contributed by atoms with van der Waals surface area (Å²) in [6.45, 7) is 10.1. The lowest BCUT2D eigenvalue weighted by Crippen LogP contribution is -2.26. The van der Waals surface area contributed by atoms with E-state index in [0.29, 0.717) is 5.92 Å². The van der Waals surface area contributed by atoms with Crippen LogP contribution >= 0.6 is 0 Å². The average molecular weight is 203 g/mol. The molecule has 0 aromatic carbocycles. The second-order valence-corrected chi connectivity index (χ2v) is 6.32. The molecule has 0 rings (SSSR count). The summed E-state index contributed by atoms with van der Waals surface area (Å²) in [6.07, 6.45) is 4.09. The van der Waals surface area contributed by atoms with Crippen LogP contribution in [0.1, 0.15) is 47.5 Å². The molecule has 2 atom stereocenters. The van der Waals surface area contributed by atoms with Crippen LogP contribution in [0, 0.1) is 5.92 Å². The maximum atomic E-state index is 11.5. The van der Waals surface area contributed by atoms with Crippen molar-refractivity contribution >= 4 is 17.6 Å². The number of hydrogen-bond acceptors (Lipinski definition) is 2. The van der Waals surface area contributed by atoms with E-state index >= 15 is 0 Å². The molecule has 0 amide bonds. The molecule has 0 spiro atoms. The van der Waals surface area contributed by atoms with Crippen LogP contribution in [0.4, 0.5) is 0 Å². The van der Waals surface area contributed by atoms with Crippen LogP contribution < -0.4 is 0 Å². The number of rotatable bonds is 4. The highest BCUT2D eigenvalue weighted by Crippen LogP contribution is 2.17. The zero-order chi connectivity index (χ0) is 10.5. The van der Waals surface area contributed by atoms with Crippen molar-refractivity contribution in [2.24, 2.45) is 10.3 Å². The van der Waals surface area contributed by atoms with Gasteiger partial charge in [-0.25, -0.2) is 0 Å². The minimum absolute atomic E-state index is 0.234. The van der Waals surface area contributed by atoms with Gasteiger partial charge >= 0.3 is 0 Å². The van der Waals surface area contributed by atoms with Crippen molar-refractivity contribution in [1.29, 1.82) is 0 Å². The third kappa shape index (κ3) is 6.11. The quantitative estimate of drug-likeness (QED) is 0.511. The minimum atomic E-state index is -1.09. The highest BCUT2D eigenvalue weighted by Gasteiger charge is 2.25. The van der Waals surface area contributed by atoms with Crippen LogP contribution in [-0.4, -0.2) is 15.5 Å². The topological polar surface area (TPSA) is 35.4 Å². The van der Waals surface area contributed by atoms with E-state index in [-0.39, 0.29) is 4.75 Å². The maximum Gasteiger partial charge on any atom is 0.144 e. The van der Waals surface area contributed by atoms with Crippen LogP contribution in [0.3, 0.4) is 0 Å². The van der Waals surface area contributed by atoms with Gasteiger partial charge in [0.15, 0.2) is 0 Å². The first kappa shape index (κ1) is 13.0. The normalized spacial score (nSPS) is 17.7. The van der Waals surface area contributed by atoms with Gasteiger partial charge in [-0.3, -0.25) is 0 Å². The summed E-state index contributed by atoms with van der Waals surface area (Å²) in [4.78, 5) is 0. The predicted molar refractivity (Wildman–Crippen MR) is 60.5 cm³/mol. The Labute approximate surface area is 85.1 Å². The standard InChI is InChI=1S/C10H21NOS/c1-6-7-9(2)8-11-13(12)10(3,4)5/h8-9H,6-7H2,1-5H3/b11-8+. The molecule has 0 radical (unpaired) electrons. The molecule has 2 nitrogen and oxygen atoms in total. The summed E-state index contributed by atoms with van der Waals surface area (Å²) in [5.41, 5.74) is 0. The Kier molecular flexibility index (Phi) is 5.65. The highest BCUT2D eigenvalue weighted by atomic mass is 32.2. The molecule has 0 aromatic heterocycles. The summed E-state index contributed by atoms with van der Waals surface area (Å²) < 4.78 is 15.3. The molecule has 0 bridgehead atoms. The smallest absolute Gasteiger partial charge is 0.144 e. The van der Waals surface area contributed by atoms with Gasteiger partial charge in [0.05, 0.1) is 6.21 Å². The third-order valence-corrected chi connectivity index (χ3v) is 3.04. The molecular weight excluding hydrogens is 182 g/mol. The van der Waals surface area contributed by atoms with Crippen molar-refractivity contribution in [3.8, 4) is 0 Å². The van der Waals surface area contributed by atoms with Gasteiger partial charge in [-0.2, -0.15) is 0 Å². The van der Waals surface area contributed by atoms with Crippen LogP contribution in [-0.2, 0) is 11.4 Å². The lowest BCUT2D eigenvalue weighted by molar-refractivity contribution is 0.561. The van der Waals surface area contributed by atoms with Crippen LogP contribution in [0.25, 0.3) is 0 Å². The zero-order valence-corrected chi connectivity index (χ0v) is 10.1. The molecule has 0 aliphatic rings. The maximum absolute atomic E-state index is 11.5. The Balaban J connectivity index is 3.97. The first-order valence-electron chi connectivity index (χ1n) is 4.84. The molecule has 0 aromatic rings. The van der Waals surface area contributed by atoms with Crippen molar-refractivity contribution in [2.45, 2.75) is 52.2 Å². The summed E-state index contributed by atoms with van der Waals surface area (Å²) in [6, 6.07) is 0. The number of nitrogens with zero attached hydrogens (tertiary/aromatic N) is 1.